The van der Waals surface area contributed by atoms with Crippen LogP contribution in [0.1, 0.15) is 85.1 Å². The summed E-state index contributed by atoms with van der Waals surface area (Å²) in [5.41, 5.74) is 4.33. The molecule has 4 heteroatoms. The molecule has 0 bridgehead atoms. The first kappa shape index (κ1) is 30.1. The third kappa shape index (κ3) is 6.22. The highest BCUT2D eigenvalue weighted by atomic mass is 32.2. The molecule has 1 N–H and O–H groups in total. The normalized spacial score (nSPS) is 33.7. The van der Waals surface area contributed by atoms with Crippen molar-refractivity contribution in [2.24, 2.45) is 35.0 Å². The number of allylic oxidation sites excluding steroid dienone is 5. The van der Waals surface area contributed by atoms with Crippen molar-refractivity contribution in [3.05, 3.63) is 77.4 Å². The van der Waals surface area contributed by atoms with Crippen LogP contribution in [0.3, 0.4) is 0 Å². The van der Waals surface area contributed by atoms with Crippen LogP contribution in [0.15, 0.2) is 76.8 Å². The minimum Gasteiger partial charge on any atom is -0.393 e. The van der Waals surface area contributed by atoms with Gasteiger partial charge in [-0.1, -0.05) is 88.8 Å². The van der Waals surface area contributed by atoms with E-state index in [-0.39, 0.29) is 6.42 Å². The minimum absolute atomic E-state index is 0.201. The Balaban J connectivity index is 1.55. The van der Waals surface area contributed by atoms with Gasteiger partial charge >= 0.3 is 0 Å². The SMILES string of the molecule is C=C1/C(=C\C=C2/CCC[C@]3(C)[C@@H]([C@H](C)/C=C/[C@H](C)C(C)C)CC[C@@H]23)C[C@@H](O)CC1S(=O)(=O)c1ccc(C)cc1. The molecule has 3 saturated carbocycles. The summed E-state index contributed by atoms with van der Waals surface area (Å²) in [5, 5.41) is 9.91. The number of rotatable bonds is 7. The Morgan fingerprint density at radius 1 is 1.05 bits per heavy atom. The lowest BCUT2D eigenvalue weighted by atomic mass is 9.61. The van der Waals surface area contributed by atoms with Crippen molar-refractivity contribution in [1.82, 2.24) is 0 Å². The molecule has 39 heavy (non-hydrogen) atoms. The first-order valence-electron chi connectivity index (χ1n) is 15.1. The molecule has 0 aromatic heterocycles. The predicted molar refractivity (Wildman–Crippen MR) is 163 cm³/mol. The second-order valence-corrected chi connectivity index (χ2v) is 15.5. The Bertz CT molecular complexity index is 1230. The van der Waals surface area contributed by atoms with Gasteiger partial charge in [0.15, 0.2) is 9.84 Å². The average molecular weight is 551 g/mol. The molecule has 0 aliphatic heterocycles. The van der Waals surface area contributed by atoms with E-state index in [2.05, 4.69) is 65.5 Å². The summed E-state index contributed by atoms with van der Waals surface area (Å²) in [6.07, 6.45) is 15.3. The predicted octanol–water partition coefficient (Wildman–Crippen LogP) is 8.40. The van der Waals surface area contributed by atoms with Crippen molar-refractivity contribution in [2.45, 2.75) is 103 Å². The topological polar surface area (TPSA) is 54.4 Å². The number of aliphatic hydroxyl groups is 1. The van der Waals surface area contributed by atoms with Crippen molar-refractivity contribution >= 4 is 9.84 Å². The first-order chi connectivity index (χ1) is 18.3. The van der Waals surface area contributed by atoms with Crippen molar-refractivity contribution in [3.63, 3.8) is 0 Å². The first-order valence-corrected chi connectivity index (χ1v) is 16.6. The zero-order valence-electron chi connectivity index (χ0n) is 25.0. The fraction of sp³-hybridized carbons (Fsp3) is 0.600. The Kier molecular flexibility index (Phi) is 9.18. The smallest absolute Gasteiger partial charge is 0.185 e. The Hall–Kier alpha value is -1.91. The summed E-state index contributed by atoms with van der Waals surface area (Å²) in [6.45, 7) is 18.0. The van der Waals surface area contributed by atoms with E-state index in [1.54, 1.807) is 12.1 Å². The Labute approximate surface area is 238 Å². The second-order valence-electron chi connectivity index (χ2n) is 13.3. The van der Waals surface area contributed by atoms with Gasteiger partial charge in [-0.3, -0.25) is 0 Å². The van der Waals surface area contributed by atoms with Crippen molar-refractivity contribution < 1.29 is 13.5 Å². The number of aliphatic hydroxyl groups excluding tert-OH is 1. The third-order valence-electron chi connectivity index (χ3n) is 10.4. The second kappa shape index (κ2) is 11.9. The molecule has 3 aliphatic rings. The van der Waals surface area contributed by atoms with Crippen molar-refractivity contribution in [3.8, 4) is 0 Å². The van der Waals surface area contributed by atoms with Gasteiger partial charge in [0.25, 0.3) is 0 Å². The molecule has 0 amide bonds. The van der Waals surface area contributed by atoms with Crippen LogP contribution in [0.25, 0.3) is 0 Å². The quantitative estimate of drug-likeness (QED) is 0.347. The molecule has 4 rings (SSSR count). The highest BCUT2D eigenvalue weighted by Gasteiger charge is 2.50. The van der Waals surface area contributed by atoms with E-state index in [0.717, 1.165) is 17.6 Å². The fourth-order valence-electron chi connectivity index (χ4n) is 7.50. The zero-order valence-corrected chi connectivity index (χ0v) is 25.8. The fourth-order valence-corrected chi connectivity index (χ4v) is 9.35. The van der Waals surface area contributed by atoms with E-state index >= 15 is 0 Å². The van der Waals surface area contributed by atoms with Crippen molar-refractivity contribution in [1.29, 1.82) is 0 Å². The number of hydrogen-bond acceptors (Lipinski definition) is 3. The van der Waals surface area contributed by atoms with Gasteiger partial charge in [0.05, 0.1) is 16.2 Å². The average Bonchev–Trinajstić information content (AvgIpc) is 3.25. The van der Waals surface area contributed by atoms with Gasteiger partial charge in [-0.15, -0.1) is 0 Å². The maximum absolute atomic E-state index is 13.5. The molecule has 1 unspecified atom stereocenters. The molecular weight excluding hydrogens is 500 g/mol. The summed E-state index contributed by atoms with van der Waals surface area (Å²) in [4.78, 5) is 0.303. The van der Waals surface area contributed by atoms with Gasteiger partial charge in [0.2, 0.25) is 0 Å². The molecule has 0 radical (unpaired) electrons. The van der Waals surface area contributed by atoms with Crippen LogP contribution in [-0.4, -0.2) is 24.9 Å². The van der Waals surface area contributed by atoms with Crippen LogP contribution >= 0.6 is 0 Å². The number of sulfone groups is 1. The summed E-state index contributed by atoms with van der Waals surface area (Å²) >= 11 is 0. The molecule has 214 valence electrons. The summed E-state index contributed by atoms with van der Waals surface area (Å²) in [6, 6.07) is 6.99. The van der Waals surface area contributed by atoms with Crippen LogP contribution < -0.4 is 0 Å². The standard InChI is InChI=1S/C35H50O3S/c1-23(2)25(4)12-13-26(5)32-18-19-33-28(9-8-20-35(32,33)7)14-15-29-21-30(36)22-34(27(29)6)39(37,38)31-16-10-24(3)11-17-31/h10-17,23,25-26,30,32-34,36H,6,8-9,18-22H2,1-5,7H3/b13-12+,28-14+,29-15-/t25-,26+,30+,32+,33-,34?,35+/m0/s1. The minimum atomic E-state index is -3.62. The molecule has 3 aliphatic carbocycles. The third-order valence-corrected chi connectivity index (χ3v) is 12.6. The Morgan fingerprint density at radius 3 is 2.41 bits per heavy atom. The van der Waals surface area contributed by atoms with E-state index < -0.39 is 21.2 Å². The van der Waals surface area contributed by atoms with Crippen LogP contribution in [-0.2, 0) is 9.84 Å². The molecule has 1 aromatic rings. The molecule has 7 atom stereocenters. The number of benzene rings is 1. The van der Waals surface area contributed by atoms with Gasteiger partial charge < -0.3 is 5.11 Å². The number of hydrogen-bond donors (Lipinski definition) is 1. The molecule has 0 saturated heterocycles. The van der Waals surface area contributed by atoms with E-state index in [9.17, 15) is 13.5 Å². The highest BCUT2D eigenvalue weighted by Crippen LogP contribution is 2.59. The van der Waals surface area contributed by atoms with Gasteiger partial charge in [0, 0.05) is 0 Å². The molecule has 3 nitrogen and oxygen atoms in total. The van der Waals surface area contributed by atoms with E-state index in [0.29, 0.717) is 51.9 Å². The summed E-state index contributed by atoms with van der Waals surface area (Å²) < 4.78 is 27.0. The van der Waals surface area contributed by atoms with Gasteiger partial charge in [-0.05, 0) is 110 Å². The van der Waals surface area contributed by atoms with Crippen LogP contribution in [0.2, 0.25) is 0 Å². The lowest BCUT2D eigenvalue weighted by molar-refractivity contribution is 0.112. The zero-order chi connectivity index (χ0) is 28.5. The van der Waals surface area contributed by atoms with E-state index in [1.807, 2.05) is 19.1 Å². The molecule has 3 fully saturated rings. The number of aryl methyl sites for hydroxylation is 1. The monoisotopic (exact) mass is 550 g/mol. The molecule has 0 heterocycles. The number of fused-ring (bicyclic) bond motifs is 1. The molecule has 0 spiro atoms. The van der Waals surface area contributed by atoms with Crippen LogP contribution in [0, 0.1) is 41.9 Å². The van der Waals surface area contributed by atoms with Gasteiger partial charge in [-0.2, -0.15) is 0 Å². The lowest BCUT2D eigenvalue weighted by Gasteiger charge is -2.44. The van der Waals surface area contributed by atoms with Gasteiger partial charge in [0.1, 0.15) is 0 Å². The van der Waals surface area contributed by atoms with E-state index in [1.165, 1.54) is 31.3 Å². The largest absolute Gasteiger partial charge is 0.393 e. The summed E-state index contributed by atoms with van der Waals surface area (Å²) in [5.74, 6) is 3.09. The lowest BCUT2D eigenvalue weighted by Crippen LogP contribution is -2.35. The summed E-state index contributed by atoms with van der Waals surface area (Å²) in [7, 11) is -3.62. The molecular formula is C35H50O3S. The van der Waals surface area contributed by atoms with Crippen molar-refractivity contribution in [2.75, 3.05) is 0 Å². The highest BCUT2D eigenvalue weighted by molar-refractivity contribution is 7.92. The van der Waals surface area contributed by atoms with Crippen LogP contribution in [0.4, 0.5) is 0 Å². The van der Waals surface area contributed by atoms with Crippen LogP contribution in [0.5, 0.6) is 0 Å². The van der Waals surface area contributed by atoms with E-state index in [4.69, 9.17) is 0 Å². The van der Waals surface area contributed by atoms with Gasteiger partial charge in [-0.25, -0.2) is 8.42 Å². The maximum atomic E-state index is 13.5. The molecule has 1 aromatic carbocycles. The maximum Gasteiger partial charge on any atom is 0.185 e. The Morgan fingerprint density at radius 2 is 1.74 bits per heavy atom.